The third kappa shape index (κ3) is 1.82. The molecule has 0 bridgehead atoms. The summed E-state index contributed by atoms with van der Waals surface area (Å²) in [6, 6.07) is 7.48. The molecule has 1 aromatic carbocycles. The molecule has 16 heavy (non-hydrogen) atoms. The van der Waals surface area contributed by atoms with Crippen LogP contribution < -0.4 is 0 Å². The number of nitriles is 4. The van der Waals surface area contributed by atoms with Crippen LogP contribution in [0.25, 0.3) is 0 Å². The normalized spacial score (nSPS) is 8.38. The first-order chi connectivity index (χ1) is 7.62. The minimum Gasteiger partial charge on any atom is -0.192 e. The quantitative estimate of drug-likeness (QED) is 0.591. The summed E-state index contributed by atoms with van der Waals surface area (Å²) < 4.78 is 0.838. The predicted molar refractivity (Wildman–Crippen MR) is 70.7 cm³/mol. The predicted octanol–water partition coefficient (Wildman–Crippen LogP) is 2.38. The van der Waals surface area contributed by atoms with Crippen molar-refractivity contribution in [1.82, 2.24) is 0 Å². The summed E-state index contributed by atoms with van der Waals surface area (Å²) in [5, 5.41) is 35.7. The molecule has 0 aromatic heterocycles. The summed E-state index contributed by atoms with van der Waals surface area (Å²) >= 11 is 3.68. The zero-order valence-corrected chi connectivity index (χ0v) is 11.9. The van der Waals surface area contributed by atoms with Gasteiger partial charge < -0.3 is 0 Å². The zero-order chi connectivity index (χ0) is 12.3. The van der Waals surface area contributed by atoms with E-state index in [4.69, 9.17) is 21.0 Å². The maximum absolute atomic E-state index is 8.94. The molecule has 1 rings (SSSR count). The average molecular weight is 430 g/mol. The van der Waals surface area contributed by atoms with Gasteiger partial charge in [-0.05, 0) is 45.2 Å². The molecule has 0 radical (unpaired) electrons. The van der Waals surface area contributed by atoms with E-state index in [1.807, 2.05) is 69.5 Å². The average Bonchev–Trinajstić information content (AvgIpc) is 2.29. The van der Waals surface area contributed by atoms with Crippen molar-refractivity contribution < 1.29 is 0 Å². The largest absolute Gasteiger partial charge is 0.192 e. The Balaban J connectivity index is 3.99. The van der Waals surface area contributed by atoms with E-state index < -0.39 is 0 Å². The Labute approximate surface area is 119 Å². The van der Waals surface area contributed by atoms with Gasteiger partial charge in [0.25, 0.3) is 0 Å². The van der Waals surface area contributed by atoms with E-state index in [0.717, 1.165) is 0 Å². The molecule has 0 heterocycles. The minimum absolute atomic E-state index is 0.0396. The smallest absolute Gasteiger partial charge is 0.102 e. The first-order valence-electron chi connectivity index (χ1n) is 3.77. The fourth-order valence-electron chi connectivity index (χ4n) is 1.11. The summed E-state index contributed by atoms with van der Waals surface area (Å²) in [5.74, 6) is 0. The lowest BCUT2D eigenvalue weighted by atomic mass is 10.0. The third-order valence-electron chi connectivity index (χ3n) is 1.83. The fraction of sp³-hybridized carbons (Fsp3) is 0. The SMILES string of the molecule is N#Cc1c(I)c(C#N)c(C#N)c(C#N)c1I. The van der Waals surface area contributed by atoms with Gasteiger partial charge in [0.15, 0.2) is 0 Å². The molecule has 0 saturated carbocycles. The van der Waals surface area contributed by atoms with Gasteiger partial charge in [-0.3, -0.25) is 0 Å². The van der Waals surface area contributed by atoms with Crippen molar-refractivity contribution in [1.29, 1.82) is 21.0 Å². The first kappa shape index (κ1) is 12.7. The molecule has 74 valence electrons. The minimum atomic E-state index is 0.0396. The van der Waals surface area contributed by atoms with Gasteiger partial charge in [-0.2, -0.15) is 21.0 Å². The molecule has 6 heteroatoms. The number of rotatable bonds is 0. The monoisotopic (exact) mass is 430 g/mol. The molecule has 0 aliphatic rings. The Kier molecular flexibility index (Phi) is 4.06. The highest BCUT2D eigenvalue weighted by molar-refractivity contribution is 14.1. The first-order valence-corrected chi connectivity index (χ1v) is 5.93. The van der Waals surface area contributed by atoms with Gasteiger partial charge in [0.05, 0.1) is 29.4 Å². The molecule has 0 amide bonds. The molecule has 1 aromatic rings. The summed E-state index contributed by atoms with van der Waals surface area (Å²) in [4.78, 5) is 0. The highest BCUT2D eigenvalue weighted by atomic mass is 127. The maximum Gasteiger partial charge on any atom is 0.102 e. The number of nitrogens with zero attached hydrogens (tertiary/aromatic N) is 4. The summed E-state index contributed by atoms with van der Waals surface area (Å²) in [7, 11) is 0. The summed E-state index contributed by atoms with van der Waals surface area (Å²) in [6.45, 7) is 0. The van der Waals surface area contributed by atoms with Crippen molar-refractivity contribution >= 4 is 45.2 Å². The Morgan fingerprint density at radius 2 is 0.875 bits per heavy atom. The lowest BCUT2D eigenvalue weighted by Gasteiger charge is -2.06. The van der Waals surface area contributed by atoms with Gasteiger partial charge in [0, 0.05) is 0 Å². The topological polar surface area (TPSA) is 95.2 Å². The second kappa shape index (κ2) is 5.12. The molecule has 0 atom stereocenters. The van der Waals surface area contributed by atoms with Crippen molar-refractivity contribution in [2.24, 2.45) is 0 Å². The van der Waals surface area contributed by atoms with E-state index in [-0.39, 0.29) is 22.3 Å². The van der Waals surface area contributed by atoms with Crippen LogP contribution in [0.4, 0.5) is 0 Å². The van der Waals surface area contributed by atoms with Crippen LogP contribution in [0.5, 0.6) is 0 Å². The molecule has 0 fully saturated rings. The third-order valence-corrected chi connectivity index (χ3v) is 3.98. The Morgan fingerprint density at radius 3 is 1.12 bits per heavy atom. The zero-order valence-electron chi connectivity index (χ0n) is 7.54. The highest BCUT2D eigenvalue weighted by Gasteiger charge is 2.21. The van der Waals surface area contributed by atoms with Crippen LogP contribution in [0.2, 0.25) is 0 Å². The van der Waals surface area contributed by atoms with E-state index in [9.17, 15) is 0 Å². The maximum atomic E-state index is 8.94. The van der Waals surface area contributed by atoms with Crippen molar-refractivity contribution in [3.8, 4) is 24.3 Å². The van der Waals surface area contributed by atoms with Crippen LogP contribution in [-0.4, -0.2) is 0 Å². The van der Waals surface area contributed by atoms with E-state index in [1.54, 1.807) is 0 Å². The van der Waals surface area contributed by atoms with Gasteiger partial charge in [0.1, 0.15) is 24.3 Å². The molecule has 0 spiro atoms. The van der Waals surface area contributed by atoms with Crippen LogP contribution in [0.15, 0.2) is 0 Å². The molecule has 0 saturated heterocycles. The number of benzene rings is 1. The standard InChI is InChI=1S/C10I2N4/c11-9-6(2-14)5(1-13)7(3-15)10(12)8(9)4-16. The Morgan fingerprint density at radius 1 is 0.562 bits per heavy atom. The van der Waals surface area contributed by atoms with Crippen LogP contribution in [-0.2, 0) is 0 Å². The van der Waals surface area contributed by atoms with Crippen molar-refractivity contribution in [3.05, 3.63) is 29.4 Å². The van der Waals surface area contributed by atoms with Crippen LogP contribution in [0.3, 0.4) is 0 Å². The molecular formula is C10I2N4. The number of hydrogen-bond donors (Lipinski definition) is 0. The molecule has 0 unspecified atom stereocenters. The van der Waals surface area contributed by atoms with E-state index >= 15 is 0 Å². The van der Waals surface area contributed by atoms with Crippen LogP contribution in [0, 0.1) is 52.5 Å². The Hall–Kier alpha value is -1.36. The summed E-state index contributed by atoms with van der Waals surface area (Å²) in [5.41, 5.74) is 0.499. The van der Waals surface area contributed by atoms with Crippen LogP contribution in [0.1, 0.15) is 22.3 Å². The Bertz CT molecular complexity index is 594. The second-order valence-electron chi connectivity index (χ2n) is 2.58. The van der Waals surface area contributed by atoms with Crippen molar-refractivity contribution in [3.63, 3.8) is 0 Å². The molecular weight excluding hydrogens is 430 g/mol. The fourth-order valence-corrected chi connectivity index (χ4v) is 3.19. The lowest BCUT2D eigenvalue weighted by molar-refractivity contribution is 1.33. The molecule has 0 aliphatic heterocycles. The summed E-state index contributed by atoms with van der Waals surface area (Å²) in [6.07, 6.45) is 0. The van der Waals surface area contributed by atoms with Gasteiger partial charge in [-0.15, -0.1) is 0 Å². The van der Waals surface area contributed by atoms with Crippen molar-refractivity contribution in [2.45, 2.75) is 0 Å². The molecule has 4 nitrogen and oxygen atoms in total. The van der Waals surface area contributed by atoms with Gasteiger partial charge >= 0.3 is 0 Å². The molecule has 0 N–H and O–H groups in total. The number of halogens is 2. The van der Waals surface area contributed by atoms with E-state index in [0.29, 0.717) is 7.14 Å². The van der Waals surface area contributed by atoms with Gasteiger partial charge in [-0.1, -0.05) is 0 Å². The van der Waals surface area contributed by atoms with E-state index in [2.05, 4.69) is 0 Å². The van der Waals surface area contributed by atoms with Gasteiger partial charge in [-0.25, -0.2) is 0 Å². The van der Waals surface area contributed by atoms with Gasteiger partial charge in [0.2, 0.25) is 0 Å². The lowest BCUT2D eigenvalue weighted by Crippen LogP contribution is -2.02. The highest BCUT2D eigenvalue weighted by Crippen LogP contribution is 2.29. The van der Waals surface area contributed by atoms with Crippen LogP contribution >= 0.6 is 45.2 Å². The van der Waals surface area contributed by atoms with Crippen molar-refractivity contribution in [2.75, 3.05) is 0 Å². The second-order valence-corrected chi connectivity index (χ2v) is 4.73. The van der Waals surface area contributed by atoms with E-state index in [1.165, 1.54) is 0 Å². The molecule has 0 aliphatic carbocycles. The number of hydrogen-bond acceptors (Lipinski definition) is 4.